The molecular weight excluding hydrogens is 392 g/mol. The van der Waals surface area contributed by atoms with Crippen molar-refractivity contribution in [3.63, 3.8) is 0 Å². The summed E-state index contributed by atoms with van der Waals surface area (Å²) in [5, 5.41) is 7.78. The highest BCUT2D eigenvalue weighted by Gasteiger charge is 2.31. The Morgan fingerprint density at radius 1 is 1.07 bits per heavy atom. The summed E-state index contributed by atoms with van der Waals surface area (Å²) in [6.45, 7) is 3.50. The molecule has 1 aliphatic rings. The van der Waals surface area contributed by atoms with Gasteiger partial charge in [-0.05, 0) is 37.3 Å². The van der Waals surface area contributed by atoms with E-state index in [0.717, 1.165) is 10.9 Å². The van der Waals surface area contributed by atoms with Gasteiger partial charge in [0.15, 0.2) is 5.69 Å². The Kier molecular flexibility index (Phi) is 5.25. The minimum Gasteiger partial charge on any atom is -0.494 e. The summed E-state index contributed by atoms with van der Waals surface area (Å²) in [5.41, 5.74) is 1.16. The highest BCUT2D eigenvalue weighted by Crippen LogP contribution is 2.22. The Hall–Kier alpha value is -2.91. The second-order valence-electron chi connectivity index (χ2n) is 6.72. The van der Waals surface area contributed by atoms with Crippen LogP contribution in [-0.4, -0.2) is 66.5 Å². The third kappa shape index (κ3) is 3.70. The van der Waals surface area contributed by atoms with Crippen LogP contribution < -0.4 is 4.74 Å². The number of rotatable bonds is 5. The van der Waals surface area contributed by atoms with E-state index in [9.17, 15) is 13.2 Å². The number of fused-ring (bicyclic) bond motifs is 1. The van der Waals surface area contributed by atoms with E-state index in [1.807, 2.05) is 31.2 Å². The van der Waals surface area contributed by atoms with Gasteiger partial charge in [0.1, 0.15) is 5.75 Å². The number of benzene rings is 2. The average molecular weight is 414 g/mol. The van der Waals surface area contributed by atoms with Crippen molar-refractivity contribution >= 4 is 26.8 Å². The van der Waals surface area contributed by atoms with Gasteiger partial charge in [0.05, 0.1) is 17.0 Å². The summed E-state index contributed by atoms with van der Waals surface area (Å²) >= 11 is 0. The Morgan fingerprint density at radius 2 is 1.76 bits per heavy atom. The molecule has 1 N–H and O–H groups in total. The van der Waals surface area contributed by atoms with Crippen molar-refractivity contribution in [2.75, 3.05) is 32.8 Å². The number of nitrogens with one attached hydrogen (secondary N) is 1. The van der Waals surface area contributed by atoms with Gasteiger partial charge in [-0.25, -0.2) is 8.42 Å². The highest BCUT2D eigenvalue weighted by molar-refractivity contribution is 7.89. The number of amides is 1. The second-order valence-corrected chi connectivity index (χ2v) is 8.66. The largest absolute Gasteiger partial charge is 0.494 e. The van der Waals surface area contributed by atoms with Crippen molar-refractivity contribution < 1.29 is 17.9 Å². The summed E-state index contributed by atoms with van der Waals surface area (Å²) in [4.78, 5) is 14.7. The lowest BCUT2D eigenvalue weighted by atomic mass is 10.2. The molecule has 9 heteroatoms. The monoisotopic (exact) mass is 414 g/mol. The van der Waals surface area contributed by atoms with Crippen molar-refractivity contribution in [1.82, 2.24) is 19.4 Å². The maximum atomic E-state index is 12.9. The van der Waals surface area contributed by atoms with Crippen molar-refractivity contribution in [1.29, 1.82) is 0 Å². The molecule has 2 aromatic carbocycles. The van der Waals surface area contributed by atoms with Gasteiger partial charge >= 0.3 is 0 Å². The van der Waals surface area contributed by atoms with Crippen LogP contribution in [-0.2, 0) is 10.0 Å². The first kappa shape index (κ1) is 19.4. The van der Waals surface area contributed by atoms with Crippen molar-refractivity contribution in [2.24, 2.45) is 0 Å². The van der Waals surface area contributed by atoms with Gasteiger partial charge in [0.2, 0.25) is 10.0 Å². The molecule has 2 heterocycles. The molecule has 29 heavy (non-hydrogen) atoms. The van der Waals surface area contributed by atoms with E-state index in [0.29, 0.717) is 31.1 Å². The Morgan fingerprint density at radius 3 is 2.45 bits per heavy atom. The number of sulfonamides is 1. The Labute approximate surface area is 169 Å². The fourth-order valence-electron chi connectivity index (χ4n) is 3.43. The number of carbonyl (C=O) groups is 1. The lowest BCUT2D eigenvalue weighted by Crippen LogP contribution is -2.50. The summed E-state index contributed by atoms with van der Waals surface area (Å²) in [7, 11) is -3.61. The van der Waals surface area contributed by atoms with Gasteiger partial charge < -0.3 is 9.64 Å². The van der Waals surface area contributed by atoms with Crippen LogP contribution in [0.25, 0.3) is 10.9 Å². The zero-order valence-corrected chi connectivity index (χ0v) is 16.9. The molecule has 1 amide bonds. The molecule has 1 aliphatic heterocycles. The number of nitrogens with zero attached hydrogens (tertiary/aromatic N) is 3. The lowest BCUT2D eigenvalue weighted by molar-refractivity contribution is 0.0694. The van der Waals surface area contributed by atoms with Crippen molar-refractivity contribution in [2.45, 2.75) is 11.8 Å². The van der Waals surface area contributed by atoms with E-state index in [4.69, 9.17) is 4.74 Å². The third-order valence-electron chi connectivity index (χ3n) is 4.97. The zero-order valence-electron chi connectivity index (χ0n) is 16.0. The first-order valence-corrected chi connectivity index (χ1v) is 10.9. The van der Waals surface area contributed by atoms with E-state index in [-0.39, 0.29) is 23.9 Å². The van der Waals surface area contributed by atoms with Crippen LogP contribution in [0.3, 0.4) is 0 Å². The zero-order chi connectivity index (χ0) is 20.4. The maximum absolute atomic E-state index is 12.9. The van der Waals surface area contributed by atoms with Gasteiger partial charge in [-0.15, -0.1) is 0 Å². The smallest absolute Gasteiger partial charge is 0.275 e. The Bertz CT molecular complexity index is 1120. The number of aromatic nitrogens is 2. The second kappa shape index (κ2) is 7.84. The molecule has 4 rings (SSSR count). The van der Waals surface area contributed by atoms with Crippen molar-refractivity contribution in [3.8, 4) is 5.75 Å². The fraction of sp³-hybridized carbons (Fsp3) is 0.300. The van der Waals surface area contributed by atoms with Crippen LogP contribution >= 0.6 is 0 Å². The van der Waals surface area contributed by atoms with Crippen LogP contribution in [0, 0.1) is 0 Å². The first-order valence-electron chi connectivity index (χ1n) is 9.46. The third-order valence-corrected chi connectivity index (χ3v) is 6.88. The van der Waals surface area contributed by atoms with Crippen molar-refractivity contribution in [3.05, 3.63) is 54.2 Å². The lowest BCUT2D eigenvalue weighted by Gasteiger charge is -2.33. The molecule has 3 aromatic rings. The van der Waals surface area contributed by atoms with E-state index in [1.165, 1.54) is 4.31 Å². The molecule has 1 saturated heterocycles. The molecule has 0 atom stereocenters. The summed E-state index contributed by atoms with van der Waals surface area (Å²) in [5.74, 6) is 0.439. The molecule has 0 unspecified atom stereocenters. The number of ether oxygens (including phenoxy) is 1. The quantitative estimate of drug-likeness (QED) is 0.690. The summed E-state index contributed by atoms with van der Waals surface area (Å²) in [6, 6.07) is 13.8. The van der Waals surface area contributed by atoms with Crippen LogP contribution in [0.2, 0.25) is 0 Å². The predicted octanol–water partition coefficient (Wildman–Crippen LogP) is 2.11. The van der Waals surface area contributed by atoms with Gasteiger partial charge in [0.25, 0.3) is 5.91 Å². The molecule has 1 aromatic heterocycles. The number of hydrogen-bond donors (Lipinski definition) is 1. The van der Waals surface area contributed by atoms with E-state index < -0.39 is 10.0 Å². The van der Waals surface area contributed by atoms with Crippen LogP contribution in [0.4, 0.5) is 0 Å². The maximum Gasteiger partial charge on any atom is 0.275 e. The number of para-hydroxylation sites is 1. The number of carbonyl (C=O) groups excluding carboxylic acids is 1. The van der Waals surface area contributed by atoms with E-state index in [2.05, 4.69) is 10.2 Å². The van der Waals surface area contributed by atoms with Gasteiger partial charge in [0, 0.05) is 31.6 Å². The number of hydrogen-bond acceptors (Lipinski definition) is 5. The average Bonchev–Trinajstić information content (AvgIpc) is 3.18. The minimum atomic E-state index is -3.61. The highest BCUT2D eigenvalue weighted by atomic mass is 32.2. The van der Waals surface area contributed by atoms with Gasteiger partial charge in [-0.2, -0.15) is 9.40 Å². The first-order chi connectivity index (χ1) is 14.0. The number of H-pyrrole nitrogens is 1. The minimum absolute atomic E-state index is 0.194. The van der Waals surface area contributed by atoms with Crippen LogP contribution in [0.5, 0.6) is 5.75 Å². The molecule has 0 aliphatic carbocycles. The van der Waals surface area contributed by atoms with E-state index in [1.54, 1.807) is 29.2 Å². The molecule has 0 radical (unpaired) electrons. The number of piperazine rings is 1. The molecule has 0 spiro atoms. The van der Waals surface area contributed by atoms with Gasteiger partial charge in [-0.1, -0.05) is 18.2 Å². The van der Waals surface area contributed by atoms with Crippen LogP contribution in [0.1, 0.15) is 17.4 Å². The Balaban J connectivity index is 1.45. The molecule has 152 valence electrons. The normalized spacial score (nSPS) is 15.6. The molecule has 0 saturated carbocycles. The SMILES string of the molecule is CCOc1ccc(S(=O)(=O)N2CCN(C(=O)c3n[nH]c4ccccc34)CC2)cc1. The molecular formula is C20H22N4O4S. The van der Waals surface area contributed by atoms with Crippen LogP contribution in [0.15, 0.2) is 53.4 Å². The number of aromatic amines is 1. The summed E-state index contributed by atoms with van der Waals surface area (Å²) in [6.07, 6.45) is 0. The molecule has 8 nitrogen and oxygen atoms in total. The standard InChI is InChI=1S/C20H22N4O4S/c1-2-28-15-7-9-16(10-8-15)29(26,27)24-13-11-23(12-14-24)20(25)19-17-5-3-4-6-18(17)21-22-19/h3-10H,2,11-14H2,1H3,(H,21,22). The van der Waals surface area contributed by atoms with E-state index >= 15 is 0 Å². The topological polar surface area (TPSA) is 95.6 Å². The van der Waals surface area contributed by atoms with Gasteiger partial charge in [-0.3, -0.25) is 9.89 Å². The molecule has 1 fully saturated rings. The fourth-order valence-corrected chi connectivity index (χ4v) is 4.85. The molecule has 0 bridgehead atoms. The predicted molar refractivity (Wildman–Crippen MR) is 108 cm³/mol. The summed E-state index contributed by atoms with van der Waals surface area (Å²) < 4.78 is 32.6.